The van der Waals surface area contributed by atoms with Crippen LogP contribution in [0.2, 0.25) is 0 Å². The van der Waals surface area contributed by atoms with Crippen LogP contribution in [0, 0.1) is 19.7 Å². The third-order valence-corrected chi connectivity index (χ3v) is 6.00. The van der Waals surface area contributed by atoms with E-state index in [1.807, 2.05) is 38.4 Å². The number of carbonyl (C=O) groups excluding carboxylic acids is 1. The Kier molecular flexibility index (Phi) is 6.34. The summed E-state index contributed by atoms with van der Waals surface area (Å²) in [4.78, 5) is 17.3. The van der Waals surface area contributed by atoms with Gasteiger partial charge in [0.25, 0.3) is 5.91 Å². The first-order chi connectivity index (χ1) is 15.3. The van der Waals surface area contributed by atoms with Gasteiger partial charge in [-0.2, -0.15) is 5.10 Å². The molecule has 3 aromatic rings. The predicted octanol–water partition coefficient (Wildman–Crippen LogP) is 2.71. The van der Waals surface area contributed by atoms with Gasteiger partial charge in [-0.1, -0.05) is 6.07 Å². The van der Waals surface area contributed by atoms with Crippen molar-refractivity contribution in [3.8, 4) is 11.4 Å². The third kappa shape index (κ3) is 4.56. The Morgan fingerprint density at radius 1 is 1.28 bits per heavy atom. The molecule has 1 saturated heterocycles. The van der Waals surface area contributed by atoms with Crippen LogP contribution in [0.25, 0.3) is 11.4 Å². The lowest BCUT2D eigenvalue weighted by atomic mass is 9.94. The lowest BCUT2D eigenvalue weighted by molar-refractivity contribution is -0.0140. The fourth-order valence-electron chi connectivity index (χ4n) is 3.86. The first kappa shape index (κ1) is 22.1. The van der Waals surface area contributed by atoms with E-state index in [1.54, 1.807) is 23.9 Å². The van der Waals surface area contributed by atoms with E-state index in [2.05, 4.69) is 15.4 Å². The molecule has 1 aliphatic heterocycles. The highest BCUT2D eigenvalue weighted by Gasteiger charge is 2.27. The number of nitrogens with zero attached hydrogens (tertiary/aromatic N) is 3. The van der Waals surface area contributed by atoms with Gasteiger partial charge in [-0.3, -0.25) is 14.5 Å². The third-order valence-electron chi connectivity index (χ3n) is 6.00. The molecule has 2 aromatic heterocycles. The number of ether oxygens (including phenoxy) is 1. The van der Waals surface area contributed by atoms with Gasteiger partial charge >= 0.3 is 0 Å². The van der Waals surface area contributed by atoms with E-state index < -0.39 is 23.9 Å². The molecule has 1 aliphatic rings. The molecule has 1 amide bonds. The standard InChI is InChI=1S/C24H27FN4O3/c1-14-15(2)23(25)18(24(31)27-21-13-32-9-7-22(21)30)11-17(14)10-16-4-5-19(26-12-16)20-6-8-29(3)28-20/h4-6,8,11-12,21-22,30H,7,9-10,13H2,1-3H3,(H,27,31)/t21-,22-/m0/s1. The van der Waals surface area contributed by atoms with Crippen LogP contribution in [0.1, 0.15) is 39.0 Å². The number of aryl methyl sites for hydroxylation is 1. The summed E-state index contributed by atoms with van der Waals surface area (Å²) in [5.74, 6) is -1.09. The molecule has 32 heavy (non-hydrogen) atoms. The van der Waals surface area contributed by atoms with Gasteiger partial charge in [0.2, 0.25) is 0 Å². The smallest absolute Gasteiger partial charge is 0.254 e. The second-order valence-electron chi connectivity index (χ2n) is 8.26. The van der Waals surface area contributed by atoms with Crippen molar-refractivity contribution >= 4 is 5.91 Å². The molecule has 7 nitrogen and oxygen atoms in total. The molecule has 2 N–H and O–H groups in total. The molecule has 1 aromatic carbocycles. The molecule has 0 saturated carbocycles. The zero-order valence-electron chi connectivity index (χ0n) is 18.4. The van der Waals surface area contributed by atoms with Crippen molar-refractivity contribution in [2.45, 2.75) is 38.8 Å². The Labute approximate surface area is 186 Å². The molecule has 0 unspecified atom stereocenters. The second-order valence-corrected chi connectivity index (χ2v) is 8.26. The van der Waals surface area contributed by atoms with E-state index in [-0.39, 0.29) is 12.2 Å². The quantitative estimate of drug-likeness (QED) is 0.639. The molecule has 0 radical (unpaired) electrons. The second kappa shape index (κ2) is 9.18. The molecule has 4 rings (SSSR count). The van der Waals surface area contributed by atoms with Crippen LogP contribution in [0.15, 0.2) is 36.7 Å². The number of nitrogens with one attached hydrogen (secondary N) is 1. The predicted molar refractivity (Wildman–Crippen MR) is 118 cm³/mol. The van der Waals surface area contributed by atoms with E-state index >= 15 is 0 Å². The molecule has 0 aliphatic carbocycles. The van der Waals surface area contributed by atoms with Crippen molar-refractivity contribution in [2.24, 2.45) is 7.05 Å². The van der Waals surface area contributed by atoms with Crippen molar-refractivity contribution < 1.29 is 19.0 Å². The number of aliphatic hydroxyl groups is 1. The summed E-state index contributed by atoms with van der Waals surface area (Å²) in [6, 6.07) is 6.81. The molecular weight excluding hydrogens is 411 g/mol. The molecule has 0 spiro atoms. The number of hydrogen-bond acceptors (Lipinski definition) is 5. The highest BCUT2D eigenvalue weighted by Crippen LogP contribution is 2.24. The maximum atomic E-state index is 14.9. The molecule has 1 fully saturated rings. The summed E-state index contributed by atoms with van der Waals surface area (Å²) in [6.45, 7) is 4.18. The van der Waals surface area contributed by atoms with E-state index in [9.17, 15) is 14.3 Å². The Hall–Kier alpha value is -3.10. The number of amides is 1. The average Bonchev–Trinajstić information content (AvgIpc) is 3.22. The zero-order chi connectivity index (χ0) is 22.8. The molecule has 2 atom stereocenters. The van der Waals surface area contributed by atoms with Crippen molar-refractivity contribution in [3.63, 3.8) is 0 Å². The van der Waals surface area contributed by atoms with E-state index in [0.29, 0.717) is 25.0 Å². The number of benzene rings is 1. The van der Waals surface area contributed by atoms with Crippen LogP contribution in [0.4, 0.5) is 4.39 Å². The van der Waals surface area contributed by atoms with Gasteiger partial charge in [-0.15, -0.1) is 0 Å². The van der Waals surface area contributed by atoms with Gasteiger partial charge < -0.3 is 15.2 Å². The van der Waals surface area contributed by atoms with Crippen molar-refractivity contribution in [3.05, 3.63) is 70.3 Å². The van der Waals surface area contributed by atoms with Crippen molar-refractivity contribution in [1.82, 2.24) is 20.1 Å². The van der Waals surface area contributed by atoms with Gasteiger partial charge in [0.1, 0.15) is 11.5 Å². The summed E-state index contributed by atoms with van der Waals surface area (Å²) in [7, 11) is 1.85. The van der Waals surface area contributed by atoms with Crippen LogP contribution < -0.4 is 5.32 Å². The van der Waals surface area contributed by atoms with Crippen LogP contribution in [-0.2, 0) is 18.2 Å². The Balaban J connectivity index is 1.56. The van der Waals surface area contributed by atoms with Gasteiger partial charge in [-0.05, 0) is 67.1 Å². The fourth-order valence-corrected chi connectivity index (χ4v) is 3.86. The number of aromatic nitrogens is 3. The monoisotopic (exact) mass is 438 g/mol. The zero-order valence-corrected chi connectivity index (χ0v) is 18.4. The Morgan fingerprint density at radius 2 is 2.09 bits per heavy atom. The Bertz CT molecular complexity index is 1130. The summed E-state index contributed by atoms with van der Waals surface area (Å²) in [5, 5.41) is 17.2. The number of aliphatic hydroxyl groups excluding tert-OH is 1. The molecule has 168 valence electrons. The van der Waals surface area contributed by atoms with Gasteiger partial charge in [0, 0.05) is 26.0 Å². The maximum absolute atomic E-state index is 14.9. The topological polar surface area (TPSA) is 89.3 Å². The minimum atomic E-state index is -0.703. The lowest BCUT2D eigenvalue weighted by Crippen LogP contribution is -2.49. The summed E-state index contributed by atoms with van der Waals surface area (Å²) < 4.78 is 22.0. The fraction of sp³-hybridized carbons (Fsp3) is 0.375. The lowest BCUT2D eigenvalue weighted by Gasteiger charge is -2.28. The largest absolute Gasteiger partial charge is 0.391 e. The maximum Gasteiger partial charge on any atom is 0.254 e. The summed E-state index contributed by atoms with van der Waals surface area (Å²) >= 11 is 0. The van der Waals surface area contributed by atoms with E-state index in [0.717, 1.165) is 28.1 Å². The molecule has 8 heteroatoms. The van der Waals surface area contributed by atoms with E-state index in [1.165, 1.54) is 0 Å². The average molecular weight is 439 g/mol. The minimum absolute atomic E-state index is 0.0288. The Morgan fingerprint density at radius 3 is 2.75 bits per heavy atom. The van der Waals surface area contributed by atoms with E-state index in [4.69, 9.17) is 4.74 Å². The van der Waals surface area contributed by atoms with Crippen LogP contribution in [-0.4, -0.2) is 51.1 Å². The van der Waals surface area contributed by atoms with Crippen LogP contribution in [0.5, 0.6) is 0 Å². The SMILES string of the molecule is Cc1c(Cc2ccc(-c3ccn(C)n3)nc2)cc(C(=O)N[C@H]2COCC[C@@H]2O)c(F)c1C. The van der Waals surface area contributed by atoms with Crippen molar-refractivity contribution in [1.29, 1.82) is 0 Å². The minimum Gasteiger partial charge on any atom is -0.391 e. The highest BCUT2D eigenvalue weighted by molar-refractivity contribution is 5.95. The first-order valence-corrected chi connectivity index (χ1v) is 10.6. The van der Waals surface area contributed by atoms with Gasteiger partial charge in [-0.25, -0.2) is 4.39 Å². The summed E-state index contributed by atoms with van der Waals surface area (Å²) in [6.07, 6.45) is 3.88. The van der Waals surface area contributed by atoms with Gasteiger partial charge in [0.05, 0.1) is 30.0 Å². The molecular formula is C24H27FN4O3. The first-order valence-electron chi connectivity index (χ1n) is 10.6. The van der Waals surface area contributed by atoms with Crippen molar-refractivity contribution in [2.75, 3.05) is 13.2 Å². The molecule has 3 heterocycles. The van der Waals surface area contributed by atoms with Gasteiger partial charge in [0.15, 0.2) is 0 Å². The van der Waals surface area contributed by atoms with Crippen LogP contribution >= 0.6 is 0 Å². The molecule has 0 bridgehead atoms. The number of pyridine rings is 1. The highest BCUT2D eigenvalue weighted by atomic mass is 19.1. The number of hydrogen-bond donors (Lipinski definition) is 2. The number of rotatable bonds is 5. The number of halogens is 1. The van der Waals surface area contributed by atoms with Crippen LogP contribution in [0.3, 0.4) is 0 Å². The normalized spacial score (nSPS) is 18.5. The summed E-state index contributed by atoms with van der Waals surface area (Å²) in [5.41, 5.74) is 4.57. The number of carbonyl (C=O) groups is 1.